The second-order valence-electron chi connectivity index (χ2n) is 4.93. The van der Waals surface area contributed by atoms with Crippen LogP contribution < -0.4 is 5.43 Å². The average Bonchev–Trinajstić information content (AvgIpc) is 3.12. The summed E-state index contributed by atoms with van der Waals surface area (Å²) in [6, 6.07) is -0.540. The fraction of sp³-hybridized carbons (Fsp3) is 0.308. The van der Waals surface area contributed by atoms with E-state index in [4.69, 9.17) is 28.3 Å². The van der Waals surface area contributed by atoms with E-state index in [1.807, 2.05) is 0 Å². The van der Waals surface area contributed by atoms with Crippen LogP contribution >= 0.6 is 23.2 Å². The van der Waals surface area contributed by atoms with Crippen LogP contribution in [0.3, 0.4) is 0 Å². The van der Waals surface area contributed by atoms with Crippen molar-refractivity contribution in [3.63, 3.8) is 0 Å². The highest BCUT2D eigenvalue weighted by molar-refractivity contribution is 6.44. The van der Waals surface area contributed by atoms with Crippen molar-refractivity contribution in [2.24, 2.45) is 0 Å². The Morgan fingerprint density at radius 2 is 2.14 bits per heavy atom. The molecule has 0 bridgehead atoms. The maximum atomic E-state index is 13.4. The normalized spacial score (nSPS) is 20.8. The summed E-state index contributed by atoms with van der Waals surface area (Å²) < 4.78 is 14.8. The zero-order chi connectivity index (χ0) is 15.5. The molecule has 1 aliphatic carbocycles. The number of carboxylic acid groups (broad SMARTS) is 1. The second-order valence-corrected chi connectivity index (χ2v) is 5.66. The molecule has 0 aromatic carbocycles. The Hall–Kier alpha value is -1.66. The molecule has 2 aromatic heterocycles. The molecule has 0 saturated heterocycles. The number of rotatable bonds is 2. The number of aromatic carboxylic acids is 1. The average molecular weight is 331 g/mol. The predicted octanol–water partition coefficient (Wildman–Crippen LogP) is 2.99. The standard InChI is InChI=1S/C13H9Cl2FN2O3/c1-4-8-10(9(14)12(15)17-4)18(7-2-6(7)16)3-5(11(8)19)13(20)21/h3,6-7H,2H2,1H3,(H,20,21)/t6-,7+/m0/s1. The summed E-state index contributed by atoms with van der Waals surface area (Å²) >= 11 is 12.0. The molecule has 2 heterocycles. The van der Waals surface area contributed by atoms with Gasteiger partial charge in [-0.15, -0.1) is 0 Å². The molecule has 0 spiro atoms. The minimum absolute atomic E-state index is 0.00560. The van der Waals surface area contributed by atoms with Gasteiger partial charge in [-0.1, -0.05) is 23.2 Å². The van der Waals surface area contributed by atoms with Crippen LogP contribution in [0.1, 0.15) is 28.5 Å². The molecule has 2 aromatic rings. The van der Waals surface area contributed by atoms with Crippen LogP contribution in [0.5, 0.6) is 0 Å². The zero-order valence-corrected chi connectivity index (χ0v) is 12.2. The van der Waals surface area contributed by atoms with Crippen molar-refractivity contribution in [3.05, 3.63) is 37.9 Å². The lowest BCUT2D eigenvalue weighted by Gasteiger charge is -2.14. The summed E-state index contributed by atoms with van der Waals surface area (Å²) in [5.74, 6) is -1.38. The van der Waals surface area contributed by atoms with Crippen molar-refractivity contribution < 1.29 is 14.3 Å². The van der Waals surface area contributed by atoms with Crippen LogP contribution in [0.25, 0.3) is 10.9 Å². The summed E-state index contributed by atoms with van der Waals surface area (Å²) in [6.07, 6.45) is 0.270. The minimum Gasteiger partial charge on any atom is -0.477 e. The van der Waals surface area contributed by atoms with Crippen LogP contribution in [0.15, 0.2) is 11.0 Å². The lowest BCUT2D eigenvalue weighted by Crippen LogP contribution is -2.20. The van der Waals surface area contributed by atoms with Crippen LogP contribution in [0.2, 0.25) is 10.2 Å². The summed E-state index contributed by atoms with van der Waals surface area (Å²) in [6.45, 7) is 1.53. The first-order valence-electron chi connectivity index (χ1n) is 6.10. The van der Waals surface area contributed by atoms with Crippen molar-refractivity contribution in [2.45, 2.75) is 25.6 Å². The molecule has 1 aliphatic rings. The van der Waals surface area contributed by atoms with Crippen LogP contribution in [-0.4, -0.2) is 26.8 Å². The van der Waals surface area contributed by atoms with Gasteiger partial charge in [-0.25, -0.2) is 14.2 Å². The van der Waals surface area contributed by atoms with Crippen molar-refractivity contribution >= 4 is 40.1 Å². The van der Waals surface area contributed by atoms with Gasteiger partial charge in [0.25, 0.3) is 0 Å². The maximum absolute atomic E-state index is 13.4. The third kappa shape index (κ3) is 2.10. The van der Waals surface area contributed by atoms with E-state index >= 15 is 0 Å². The summed E-state index contributed by atoms with van der Waals surface area (Å²) in [5, 5.41) is 9.22. The van der Waals surface area contributed by atoms with E-state index < -0.39 is 29.2 Å². The molecule has 1 N–H and O–H groups in total. The molecule has 1 saturated carbocycles. The van der Waals surface area contributed by atoms with E-state index in [2.05, 4.69) is 4.98 Å². The number of halogens is 3. The molecule has 2 atom stereocenters. The molecular formula is C13H9Cl2FN2O3. The first-order valence-corrected chi connectivity index (χ1v) is 6.86. The maximum Gasteiger partial charge on any atom is 0.341 e. The molecule has 0 aliphatic heterocycles. The fourth-order valence-corrected chi connectivity index (χ4v) is 2.85. The van der Waals surface area contributed by atoms with E-state index in [0.717, 1.165) is 6.20 Å². The number of pyridine rings is 2. The largest absolute Gasteiger partial charge is 0.477 e. The monoisotopic (exact) mass is 330 g/mol. The summed E-state index contributed by atoms with van der Waals surface area (Å²) in [5.41, 5.74) is -0.648. The highest BCUT2D eigenvalue weighted by atomic mass is 35.5. The highest BCUT2D eigenvalue weighted by Gasteiger charge is 2.40. The minimum atomic E-state index is -1.38. The number of hydrogen-bond donors (Lipinski definition) is 1. The van der Waals surface area contributed by atoms with Crippen LogP contribution in [0, 0.1) is 6.92 Å². The molecule has 0 amide bonds. The molecule has 21 heavy (non-hydrogen) atoms. The van der Waals surface area contributed by atoms with Crippen molar-refractivity contribution in [1.82, 2.24) is 9.55 Å². The number of fused-ring (bicyclic) bond motifs is 1. The highest BCUT2D eigenvalue weighted by Crippen LogP contribution is 2.42. The Balaban J connectivity index is 2.52. The third-order valence-corrected chi connectivity index (χ3v) is 4.25. The molecule has 8 heteroatoms. The number of aromatic nitrogens is 2. The molecule has 3 rings (SSSR count). The van der Waals surface area contributed by atoms with E-state index in [1.54, 1.807) is 0 Å². The van der Waals surface area contributed by atoms with Gasteiger partial charge in [0.1, 0.15) is 21.9 Å². The zero-order valence-electron chi connectivity index (χ0n) is 10.7. The molecule has 0 radical (unpaired) electrons. The first kappa shape index (κ1) is 14.3. The quantitative estimate of drug-likeness (QED) is 0.859. The van der Waals surface area contributed by atoms with Gasteiger partial charge in [0.15, 0.2) is 0 Å². The number of nitrogens with zero attached hydrogens (tertiary/aromatic N) is 2. The van der Waals surface area contributed by atoms with Crippen LogP contribution in [0.4, 0.5) is 4.39 Å². The summed E-state index contributed by atoms with van der Waals surface area (Å²) in [7, 11) is 0. The van der Waals surface area contributed by atoms with Crippen molar-refractivity contribution in [2.75, 3.05) is 0 Å². The molecule has 0 unspecified atom stereocenters. The molecular weight excluding hydrogens is 322 g/mol. The molecule has 5 nitrogen and oxygen atoms in total. The smallest absolute Gasteiger partial charge is 0.341 e. The summed E-state index contributed by atoms with van der Waals surface area (Å²) in [4.78, 5) is 27.5. The Kier molecular flexibility index (Phi) is 3.18. The second kappa shape index (κ2) is 4.68. The van der Waals surface area contributed by atoms with Gasteiger partial charge < -0.3 is 9.67 Å². The number of carboxylic acids is 1. The SMILES string of the molecule is Cc1nc(Cl)c(Cl)c2c1c(=O)c(C(=O)O)cn2[C@@H]1C[C@@H]1F. The predicted molar refractivity (Wildman–Crippen MR) is 76.3 cm³/mol. The molecule has 1 fully saturated rings. The van der Waals surface area contributed by atoms with Gasteiger partial charge in [-0.3, -0.25) is 4.79 Å². The lowest BCUT2D eigenvalue weighted by molar-refractivity contribution is 0.0694. The van der Waals surface area contributed by atoms with E-state index in [1.165, 1.54) is 11.5 Å². The molecule has 110 valence electrons. The van der Waals surface area contributed by atoms with Gasteiger partial charge >= 0.3 is 5.97 Å². The fourth-order valence-electron chi connectivity index (χ4n) is 2.40. The Bertz CT molecular complexity index is 850. The van der Waals surface area contributed by atoms with Crippen molar-refractivity contribution in [3.8, 4) is 0 Å². The first-order chi connectivity index (χ1) is 9.82. The number of hydrogen-bond acceptors (Lipinski definition) is 3. The number of aryl methyl sites for hydroxylation is 1. The van der Waals surface area contributed by atoms with E-state index in [-0.39, 0.29) is 33.2 Å². The van der Waals surface area contributed by atoms with Gasteiger partial charge in [-0.2, -0.15) is 0 Å². The van der Waals surface area contributed by atoms with E-state index in [0.29, 0.717) is 0 Å². The number of alkyl halides is 1. The topological polar surface area (TPSA) is 72.2 Å². The third-order valence-electron chi connectivity index (χ3n) is 3.52. The van der Waals surface area contributed by atoms with Crippen LogP contribution in [-0.2, 0) is 0 Å². The van der Waals surface area contributed by atoms with E-state index in [9.17, 15) is 14.0 Å². The Morgan fingerprint density at radius 3 is 2.67 bits per heavy atom. The van der Waals surface area contributed by atoms with Crippen molar-refractivity contribution in [1.29, 1.82) is 0 Å². The Labute approximate surface area is 127 Å². The van der Waals surface area contributed by atoms with Gasteiger partial charge in [-0.05, 0) is 6.92 Å². The van der Waals surface area contributed by atoms with Gasteiger partial charge in [0.2, 0.25) is 5.43 Å². The lowest BCUT2D eigenvalue weighted by atomic mass is 10.1. The Morgan fingerprint density at radius 1 is 1.52 bits per heavy atom. The number of carbonyl (C=O) groups is 1. The van der Waals surface area contributed by atoms with Gasteiger partial charge in [0, 0.05) is 12.6 Å². The van der Waals surface area contributed by atoms with Gasteiger partial charge in [0.05, 0.1) is 22.6 Å².